The number of nitrogens with zero attached hydrogens (tertiary/aromatic N) is 2. The number of carbonyl (C=O) groups excluding carboxylic acids is 2. The summed E-state index contributed by atoms with van der Waals surface area (Å²) < 4.78 is 47.6. The van der Waals surface area contributed by atoms with E-state index >= 15 is 0 Å². The number of sulfonamides is 1. The van der Waals surface area contributed by atoms with E-state index in [9.17, 15) is 22.4 Å². The number of hydrogen-bond acceptors (Lipinski definition) is 5. The van der Waals surface area contributed by atoms with Gasteiger partial charge in [0.1, 0.15) is 24.2 Å². The van der Waals surface area contributed by atoms with Crippen LogP contribution in [0.1, 0.15) is 11.1 Å². The van der Waals surface area contributed by atoms with Gasteiger partial charge in [0.25, 0.3) is 10.0 Å². The van der Waals surface area contributed by atoms with Crippen molar-refractivity contribution >= 4 is 27.5 Å². The van der Waals surface area contributed by atoms with Crippen molar-refractivity contribution in [1.82, 2.24) is 10.2 Å². The fourth-order valence-corrected chi connectivity index (χ4v) is 5.96. The standard InChI is InChI=1S/C32H32FN3O5S/c1-34-32(38)30(21-24-10-5-3-6-11-24)35(22-25-12-9-15-28(20-25)41-2)31(37)23-36(27-13-7-4-8-14-27)42(39,40)29-18-16-26(33)17-19-29/h3-20,30H,21-23H2,1-2H3,(H,34,38). The third-order valence-electron chi connectivity index (χ3n) is 6.73. The first-order valence-corrected chi connectivity index (χ1v) is 14.7. The van der Waals surface area contributed by atoms with Crippen LogP contribution in [0.3, 0.4) is 0 Å². The lowest BCUT2D eigenvalue weighted by atomic mass is 10.0. The highest BCUT2D eigenvalue weighted by Gasteiger charge is 2.34. The fourth-order valence-electron chi connectivity index (χ4n) is 4.54. The van der Waals surface area contributed by atoms with Gasteiger partial charge in [-0.2, -0.15) is 0 Å². The van der Waals surface area contributed by atoms with E-state index in [4.69, 9.17) is 4.74 Å². The van der Waals surface area contributed by atoms with Gasteiger partial charge in [-0.1, -0.05) is 60.7 Å². The number of methoxy groups -OCH3 is 1. The van der Waals surface area contributed by atoms with Gasteiger partial charge in [0.2, 0.25) is 11.8 Å². The Morgan fingerprint density at radius 2 is 1.48 bits per heavy atom. The summed E-state index contributed by atoms with van der Waals surface area (Å²) in [5, 5.41) is 2.65. The molecular weight excluding hydrogens is 557 g/mol. The Morgan fingerprint density at radius 3 is 2.10 bits per heavy atom. The Bertz CT molecular complexity index is 1600. The Balaban J connectivity index is 1.77. The molecule has 0 saturated carbocycles. The number of hydrogen-bond donors (Lipinski definition) is 1. The number of amides is 2. The minimum Gasteiger partial charge on any atom is -0.497 e. The van der Waals surface area contributed by atoms with E-state index in [1.807, 2.05) is 30.3 Å². The Morgan fingerprint density at radius 1 is 0.857 bits per heavy atom. The molecule has 0 bridgehead atoms. The van der Waals surface area contributed by atoms with Crippen LogP contribution in [0.15, 0.2) is 114 Å². The minimum absolute atomic E-state index is 0.0141. The van der Waals surface area contributed by atoms with Gasteiger partial charge < -0.3 is 15.0 Å². The third-order valence-corrected chi connectivity index (χ3v) is 8.52. The molecule has 0 spiro atoms. The third kappa shape index (κ3) is 7.32. The molecule has 4 aromatic carbocycles. The molecule has 2 amide bonds. The maximum Gasteiger partial charge on any atom is 0.264 e. The van der Waals surface area contributed by atoms with E-state index in [1.54, 1.807) is 54.6 Å². The molecule has 42 heavy (non-hydrogen) atoms. The Labute approximate surface area is 245 Å². The first kappa shape index (κ1) is 30.3. The number of halogens is 1. The molecule has 0 radical (unpaired) electrons. The highest BCUT2D eigenvalue weighted by Crippen LogP contribution is 2.25. The molecule has 0 aliphatic carbocycles. The van der Waals surface area contributed by atoms with Crippen LogP contribution < -0.4 is 14.4 Å². The lowest BCUT2D eigenvalue weighted by Gasteiger charge is -2.33. The molecule has 0 aliphatic rings. The lowest BCUT2D eigenvalue weighted by Crippen LogP contribution is -2.53. The quantitative estimate of drug-likeness (QED) is 0.264. The molecule has 0 heterocycles. The zero-order valence-electron chi connectivity index (χ0n) is 23.3. The van der Waals surface area contributed by atoms with Crippen LogP contribution in [0.5, 0.6) is 5.75 Å². The normalized spacial score (nSPS) is 11.8. The highest BCUT2D eigenvalue weighted by molar-refractivity contribution is 7.92. The first-order chi connectivity index (χ1) is 20.2. The van der Waals surface area contributed by atoms with Crippen molar-refractivity contribution in [3.8, 4) is 5.75 Å². The molecule has 1 atom stereocenters. The molecule has 1 unspecified atom stereocenters. The fraction of sp³-hybridized carbons (Fsp3) is 0.188. The van der Waals surface area contributed by atoms with Crippen LogP contribution in [-0.2, 0) is 32.6 Å². The predicted molar refractivity (Wildman–Crippen MR) is 159 cm³/mol. The lowest BCUT2D eigenvalue weighted by molar-refractivity contribution is -0.139. The molecule has 0 saturated heterocycles. The Kier molecular flexibility index (Phi) is 9.93. The van der Waals surface area contributed by atoms with Gasteiger partial charge >= 0.3 is 0 Å². The van der Waals surface area contributed by atoms with Crippen LogP contribution in [0, 0.1) is 5.82 Å². The van der Waals surface area contributed by atoms with E-state index in [2.05, 4.69) is 5.32 Å². The molecule has 4 rings (SSSR count). The van der Waals surface area contributed by atoms with Gasteiger partial charge in [-0.25, -0.2) is 12.8 Å². The summed E-state index contributed by atoms with van der Waals surface area (Å²) in [5.41, 5.74) is 1.77. The summed E-state index contributed by atoms with van der Waals surface area (Å²) in [5.74, 6) is -1.01. The summed E-state index contributed by atoms with van der Waals surface area (Å²) >= 11 is 0. The molecule has 4 aromatic rings. The number of ether oxygens (including phenoxy) is 1. The van der Waals surface area contributed by atoms with Crippen LogP contribution in [0.4, 0.5) is 10.1 Å². The van der Waals surface area contributed by atoms with E-state index < -0.39 is 40.2 Å². The molecule has 218 valence electrons. The van der Waals surface area contributed by atoms with Gasteiger partial charge in [-0.3, -0.25) is 13.9 Å². The van der Waals surface area contributed by atoms with Crippen molar-refractivity contribution in [1.29, 1.82) is 0 Å². The number of rotatable bonds is 12. The summed E-state index contributed by atoms with van der Waals surface area (Å²) in [4.78, 5) is 28.7. The van der Waals surface area contributed by atoms with Crippen molar-refractivity contribution in [2.75, 3.05) is 25.0 Å². The van der Waals surface area contributed by atoms with Crippen LogP contribution >= 0.6 is 0 Å². The van der Waals surface area contributed by atoms with Crippen LogP contribution in [0.2, 0.25) is 0 Å². The van der Waals surface area contributed by atoms with E-state index in [-0.39, 0.29) is 23.5 Å². The second kappa shape index (κ2) is 13.8. The maximum absolute atomic E-state index is 14.2. The number of likely N-dealkylation sites (N-methyl/N-ethyl adjacent to an activating group) is 1. The number of carbonyl (C=O) groups is 2. The summed E-state index contributed by atoms with van der Waals surface area (Å²) in [6, 6.07) is 28.0. The average Bonchev–Trinajstić information content (AvgIpc) is 3.02. The second-order valence-corrected chi connectivity index (χ2v) is 11.4. The van der Waals surface area contributed by atoms with Gasteiger partial charge in [0.05, 0.1) is 17.7 Å². The zero-order valence-corrected chi connectivity index (χ0v) is 24.1. The number of nitrogens with one attached hydrogen (secondary N) is 1. The van der Waals surface area contributed by atoms with Crippen LogP contribution in [-0.4, -0.2) is 51.9 Å². The van der Waals surface area contributed by atoms with Crippen molar-refractivity contribution in [2.45, 2.75) is 23.9 Å². The largest absolute Gasteiger partial charge is 0.497 e. The van der Waals surface area contributed by atoms with Gasteiger partial charge in [-0.15, -0.1) is 0 Å². The smallest absolute Gasteiger partial charge is 0.264 e. The topological polar surface area (TPSA) is 96.0 Å². The average molecular weight is 590 g/mol. The monoisotopic (exact) mass is 589 g/mol. The van der Waals surface area contributed by atoms with Crippen molar-refractivity contribution in [3.63, 3.8) is 0 Å². The van der Waals surface area contributed by atoms with E-state index in [1.165, 1.54) is 19.1 Å². The first-order valence-electron chi connectivity index (χ1n) is 13.2. The molecule has 1 N–H and O–H groups in total. The van der Waals surface area contributed by atoms with Gasteiger partial charge in [-0.05, 0) is 59.7 Å². The highest BCUT2D eigenvalue weighted by atomic mass is 32.2. The molecule has 0 fully saturated rings. The molecular formula is C32H32FN3O5S. The number of anilines is 1. The second-order valence-electron chi connectivity index (χ2n) is 9.49. The molecule has 10 heteroatoms. The van der Waals surface area contributed by atoms with Crippen molar-refractivity contribution in [3.05, 3.63) is 126 Å². The van der Waals surface area contributed by atoms with Crippen molar-refractivity contribution in [2.24, 2.45) is 0 Å². The SMILES string of the molecule is CNC(=O)C(Cc1ccccc1)N(Cc1cccc(OC)c1)C(=O)CN(c1ccccc1)S(=O)(=O)c1ccc(F)cc1. The molecule has 0 aromatic heterocycles. The maximum atomic E-state index is 14.2. The number of para-hydroxylation sites is 1. The number of benzene rings is 4. The molecule has 8 nitrogen and oxygen atoms in total. The summed E-state index contributed by atoms with van der Waals surface area (Å²) in [6.07, 6.45) is 0.201. The van der Waals surface area contributed by atoms with E-state index in [0.29, 0.717) is 11.3 Å². The van der Waals surface area contributed by atoms with Crippen LogP contribution in [0.25, 0.3) is 0 Å². The van der Waals surface area contributed by atoms with Gasteiger partial charge in [0, 0.05) is 20.0 Å². The Hall–Kier alpha value is -4.70. The summed E-state index contributed by atoms with van der Waals surface area (Å²) in [6.45, 7) is -0.587. The zero-order chi connectivity index (χ0) is 30.1. The predicted octanol–water partition coefficient (Wildman–Crippen LogP) is 4.42. The summed E-state index contributed by atoms with van der Waals surface area (Å²) in [7, 11) is -1.27. The van der Waals surface area contributed by atoms with E-state index in [0.717, 1.165) is 34.1 Å². The minimum atomic E-state index is -4.29. The molecule has 0 aliphatic heterocycles. The van der Waals surface area contributed by atoms with Crippen molar-refractivity contribution < 1.29 is 27.1 Å². The van der Waals surface area contributed by atoms with Gasteiger partial charge in [0.15, 0.2) is 0 Å².